The van der Waals surface area contributed by atoms with E-state index in [1.54, 1.807) is 0 Å². The molecule has 0 aromatic carbocycles. The molecule has 2 aromatic rings. The second-order valence-electron chi connectivity index (χ2n) is 5.81. The summed E-state index contributed by atoms with van der Waals surface area (Å²) in [7, 11) is 0. The first-order valence-electron chi connectivity index (χ1n) is 6.41. The van der Waals surface area contributed by atoms with Gasteiger partial charge >= 0.3 is 0 Å². The van der Waals surface area contributed by atoms with Crippen molar-refractivity contribution >= 4 is 11.8 Å². The number of nitrogens with zero attached hydrogens (tertiary/aromatic N) is 5. The van der Waals surface area contributed by atoms with Gasteiger partial charge in [-0.15, -0.1) is 10.2 Å². The van der Waals surface area contributed by atoms with Crippen molar-refractivity contribution in [2.24, 2.45) is 0 Å². The van der Waals surface area contributed by atoms with Gasteiger partial charge in [0.05, 0.1) is 0 Å². The van der Waals surface area contributed by atoms with Gasteiger partial charge in [0.15, 0.2) is 0 Å². The van der Waals surface area contributed by atoms with Gasteiger partial charge < -0.3 is 5.84 Å². The minimum atomic E-state index is -0.0971. The quantitative estimate of drug-likeness (QED) is 0.674. The van der Waals surface area contributed by atoms with Crippen molar-refractivity contribution in [3.8, 4) is 0 Å². The lowest BCUT2D eigenvalue weighted by Crippen LogP contribution is -2.18. The topological polar surface area (TPSA) is 82.5 Å². The van der Waals surface area contributed by atoms with Crippen LogP contribution in [0.1, 0.15) is 43.7 Å². The van der Waals surface area contributed by atoms with E-state index in [9.17, 15) is 0 Å². The van der Waals surface area contributed by atoms with Crippen molar-refractivity contribution < 1.29 is 0 Å². The van der Waals surface area contributed by atoms with Crippen molar-refractivity contribution in [3.63, 3.8) is 0 Å². The summed E-state index contributed by atoms with van der Waals surface area (Å²) in [5.41, 5.74) is 1.93. The highest BCUT2D eigenvalue weighted by atomic mass is 32.2. The molecule has 0 atom stereocenters. The summed E-state index contributed by atoms with van der Waals surface area (Å²) in [5, 5.41) is 9.53. The zero-order valence-corrected chi connectivity index (χ0v) is 13.5. The summed E-state index contributed by atoms with van der Waals surface area (Å²) in [6, 6.07) is 0. The lowest BCUT2D eigenvalue weighted by atomic mass is 9.95. The van der Waals surface area contributed by atoms with E-state index in [0.717, 1.165) is 22.1 Å². The van der Waals surface area contributed by atoms with Crippen molar-refractivity contribution in [1.82, 2.24) is 24.8 Å². The molecule has 0 spiro atoms. The zero-order chi connectivity index (χ0) is 15.1. The van der Waals surface area contributed by atoms with Crippen LogP contribution in [0.3, 0.4) is 0 Å². The third-order valence-corrected chi connectivity index (χ3v) is 4.09. The van der Waals surface area contributed by atoms with Crippen LogP contribution in [-0.4, -0.2) is 24.8 Å². The minimum absolute atomic E-state index is 0.0971. The van der Waals surface area contributed by atoms with Crippen LogP contribution in [0.5, 0.6) is 0 Å². The fraction of sp³-hybridized carbons (Fsp3) is 0.538. The first kappa shape index (κ1) is 14.8. The van der Waals surface area contributed by atoms with Gasteiger partial charge in [0.25, 0.3) is 0 Å². The van der Waals surface area contributed by atoms with Crippen molar-refractivity contribution in [2.75, 3.05) is 5.84 Å². The van der Waals surface area contributed by atoms with E-state index in [4.69, 9.17) is 5.84 Å². The maximum atomic E-state index is 5.89. The highest BCUT2D eigenvalue weighted by molar-refractivity contribution is 7.99. The molecule has 0 saturated carbocycles. The maximum absolute atomic E-state index is 5.89. The Morgan fingerprint density at radius 2 is 1.70 bits per heavy atom. The summed E-state index contributed by atoms with van der Waals surface area (Å²) in [6.45, 7) is 12.1. The zero-order valence-electron chi connectivity index (χ0n) is 12.7. The van der Waals surface area contributed by atoms with Crippen molar-refractivity contribution in [2.45, 2.75) is 57.1 Å². The first-order chi connectivity index (χ1) is 9.20. The van der Waals surface area contributed by atoms with Gasteiger partial charge in [0.2, 0.25) is 5.16 Å². The standard InChI is InChI=1S/C13H20N6S/c1-7-8(2)15-11(13(4,5)6)16-10(7)20-12-18-17-9(3)19(12)14/h14H2,1-6H3. The van der Waals surface area contributed by atoms with Crippen LogP contribution in [0.2, 0.25) is 0 Å². The fourth-order valence-corrected chi connectivity index (χ4v) is 2.46. The lowest BCUT2D eigenvalue weighted by Gasteiger charge is -2.19. The van der Waals surface area contributed by atoms with Gasteiger partial charge in [0.1, 0.15) is 16.7 Å². The Labute approximate surface area is 123 Å². The molecule has 2 heterocycles. The van der Waals surface area contributed by atoms with E-state index in [2.05, 4.69) is 40.9 Å². The molecule has 0 radical (unpaired) electrons. The predicted molar refractivity (Wildman–Crippen MR) is 79.2 cm³/mol. The van der Waals surface area contributed by atoms with E-state index < -0.39 is 0 Å². The third kappa shape index (κ3) is 2.77. The minimum Gasteiger partial charge on any atom is -0.336 e. The number of aryl methyl sites for hydroxylation is 2. The molecule has 0 bridgehead atoms. The molecule has 0 aliphatic heterocycles. The molecule has 0 unspecified atom stereocenters. The van der Waals surface area contributed by atoms with Gasteiger partial charge in [0, 0.05) is 16.7 Å². The lowest BCUT2D eigenvalue weighted by molar-refractivity contribution is 0.534. The van der Waals surface area contributed by atoms with Crippen LogP contribution in [0.15, 0.2) is 10.2 Å². The van der Waals surface area contributed by atoms with Gasteiger partial charge in [-0.25, -0.2) is 14.6 Å². The molecule has 2 N–H and O–H groups in total. The Kier molecular flexibility index (Phi) is 3.73. The number of aromatic nitrogens is 5. The van der Waals surface area contributed by atoms with Gasteiger partial charge in [-0.2, -0.15) is 0 Å². The highest BCUT2D eigenvalue weighted by Crippen LogP contribution is 2.30. The maximum Gasteiger partial charge on any atom is 0.216 e. The van der Waals surface area contributed by atoms with Crippen LogP contribution < -0.4 is 5.84 Å². The molecule has 0 amide bonds. The van der Waals surface area contributed by atoms with Crippen molar-refractivity contribution in [3.05, 3.63) is 22.9 Å². The molecule has 2 aromatic heterocycles. The van der Waals surface area contributed by atoms with Crippen LogP contribution in [0.25, 0.3) is 0 Å². The summed E-state index contributed by atoms with van der Waals surface area (Å²) in [6.07, 6.45) is 0. The molecule has 108 valence electrons. The Hall–Kier alpha value is -1.63. The Morgan fingerprint density at radius 1 is 1.05 bits per heavy atom. The van der Waals surface area contributed by atoms with Gasteiger partial charge in [-0.3, -0.25) is 0 Å². The van der Waals surface area contributed by atoms with Crippen LogP contribution in [0, 0.1) is 20.8 Å². The van der Waals surface area contributed by atoms with E-state index in [-0.39, 0.29) is 5.41 Å². The molecule has 0 fully saturated rings. The second kappa shape index (κ2) is 5.05. The number of hydrogen-bond acceptors (Lipinski definition) is 6. The summed E-state index contributed by atoms with van der Waals surface area (Å²) < 4.78 is 1.47. The molecule has 0 saturated heterocycles. The van der Waals surface area contributed by atoms with Gasteiger partial charge in [-0.05, 0) is 32.5 Å². The SMILES string of the molecule is Cc1nc(C(C)(C)C)nc(Sc2nnc(C)n2N)c1C. The molecule has 0 aliphatic rings. The first-order valence-corrected chi connectivity index (χ1v) is 7.22. The summed E-state index contributed by atoms with van der Waals surface area (Å²) in [4.78, 5) is 9.24. The average molecular weight is 292 g/mol. The van der Waals surface area contributed by atoms with E-state index in [1.807, 2.05) is 20.8 Å². The van der Waals surface area contributed by atoms with Crippen LogP contribution >= 0.6 is 11.8 Å². The molecular weight excluding hydrogens is 272 g/mol. The van der Waals surface area contributed by atoms with Crippen LogP contribution in [-0.2, 0) is 5.41 Å². The van der Waals surface area contributed by atoms with Gasteiger partial charge in [-0.1, -0.05) is 20.8 Å². The Balaban J connectivity index is 2.46. The molecule has 7 heteroatoms. The average Bonchev–Trinajstić information content (AvgIpc) is 2.65. The Morgan fingerprint density at radius 3 is 2.20 bits per heavy atom. The number of nitrogen functional groups attached to an aromatic ring is 1. The molecular formula is C13H20N6S. The number of rotatable bonds is 2. The molecule has 6 nitrogen and oxygen atoms in total. The summed E-state index contributed by atoms with van der Waals surface area (Å²) in [5.74, 6) is 7.39. The number of nitrogens with two attached hydrogens (primary N) is 1. The molecule has 0 aliphatic carbocycles. The highest BCUT2D eigenvalue weighted by Gasteiger charge is 2.21. The predicted octanol–water partition coefficient (Wildman–Crippen LogP) is 2.16. The van der Waals surface area contributed by atoms with Crippen LogP contribution in [0.4, 0.5) is 0 Å². The van der Waals surface area contributed by atoms with E-state index in [0.29, 0.717) is 11.0 Å². The second-order valence-corrected chi connectivity index (χ2v) is 6.77. The third-order valence-electron chi connectivity index (χ3n) is 3.04. The normalized spacial score (nSPS) is 11.9. The Bertz CT molecular complexity index is 641. The summed E-state index contributed by atoms with van der Waals surface area (Å²) >= 11 is 1.42. The fourth-order valence-electron chi connectivity index (χ4n) is 1.54. The van der Waals surface area contributed by atoms with Crippen molar-refractivity contribution in [1.29, 1.82) is 0 Å². The monoisotopic (exact) mass is 292 g/mol. The largest absolute Gasteiger partial charge is 0.336 e. The van der Waals surface area contributed by atoms with E-state index >= 15 is 0 Å². The molecule has 2 rings (SSSR count). The van der Waals surface area contributed by atoms with E-state index in [1.165, 1.54) is 16.4 Å². The molecule has 20 heavy (non-hydrogen) atoms. The smallest absolute Gasteiger partial charge is 0.216 e. The number of hydrogen-bond donors (Lipinski definition) is 1.